The number of halogens is 2. The first-order valence-electron chi connectivity index (χ1n) is 14.0. The molecule has 0 saturated heterocycles. The van der Waals surface area contributed by atoms with Gasteiger partial charge in [-0.3, -0.25) is 0 Å². The summed E-state index contributed by atoms with van der Waals surface area (Å²) in [6.45, 7) is 9.48. The molecule has 8 aromatic rings. The second kappa shape index (κ2) is 15.0. The van der Waals surface area contributed by atoms with Crippen LogP contribution < -0.4 is 24.8 Å². The maximum absolute atomic E-state index is 2.39. The van der Waals surface area contributed by atoms with Crippen molar-refractivity contribution in [2.75, 3.05) is 0 Å². The van der Waals surface area contributed by atoms with Gasteiger partial charge in [-0.05, 0) is 10.8 Å². The van der Waals surface area contributed by atoms with Gasteiger partial charge in [0.15, 0.2) is 0 Å². The molecule has 0 unspecified atom stereocenters. The second-order valence-corrected chi connectivity index (χ2v) is 22.4. The largest absolute Gasteiger partial charge is 4.00 e. The Morgan fingerprint density at radius 3 is 0.884 bits per heavy atom. The van der Waals surface area contributed by atoms with Crippen molar-refractivity contribution in [3.63, 3.8) is 0 Å². The molecule has 0 nitrogen and oxygen atoms in total. The predicted molar refractivity (Wildman–Crippen MR) is 184 cm³/mol. The van der Waals surface area contributed by atoms with Crippen LogP contribution in [0.15, 0.2) is 133 Å². The van der Waals surface area contributed by atoms with Gasteiger partial charge in [0.25, 0.3) is 0 Å². The zero-order chi connectivity index (χ0) is 27.7. The molecule has 0 atom stereocenters. The number of benzene rings is 6. The first-order valence-corrected chi connectivity index (χ1v) is 20.0. The second-order valence-electron chi connectivity index (χ2n) is 11.4. The minimum absolute atomic E-state index is 0. The molecule has 43 heavy (non-hydrogen) atoms. The van der Waals surface area contributed by atoms with Gasteiger partial charge in [-0.25, -0.2) is 0 Å². The first-order chi connectivity index (χ1) is 19.5. The summed E-state index contributed by atoms with van der Waals surface area (Å²) in [6.07, 6.45) is 0. The molecule has 0 heterocycles. The van der Waals surface area contributed by atoms with Crippen LogP contribution in [-0.4, -0.2) is 16.6 Å². The molecule has 0 aliphatic rings. The van der Waals surface area contributed by atoms with Crippen molar-refractivity contribution >= 4 is 81.3 Å². The van der Waals surface area contributed by atoms with Crippen molar-refractivity contribution in [3.8, 4) is 0 Å². The molecular weight excluding hydrogens is 762 g/mol. The molecule has 0 aromatic heterocycles. The van der Waals surface area contributed by atoms with Crippen LogP contribution in [0.1, 0.15) is 0 Å². The number of hydrogen-bond donors (Lipinski definition) is 0. The van der Waals surface area contributed by atoms with Crippen LogP contribution in [0.25, 0.3) is 64.6 Å². The minimum Gasteiger partial charge on any atom is -1.00 e. The van der Waals surface area contributed by atoms with Gasteiger partial charge in [-0.15, -0.1) is 33.7 Å². The maximum atomic E-state index is 2.39. The minimum atomic E-state index is -0.603. The van der Waals surface area contributed by atoms with E-state index in [1.165, 1.54) is 73.7 Å². The van der Waals surface area contributed by atoms with E-state index in [0.717, 1.165) is 0 Å². The molecular formula is C38H34Cl2HfSi2. The molecule has 0 bridgehead atoms. The van der Waals surface area contributed by atoms with Gasteiger partial charge in [0.05, 0.1) is 0 Å². The average molecular weight is 796 g/mol. The molecule has 0 aliphatic heterocycles. The molecule has 5 heteroatoms. The van der Waals surface area contributed by atoms with E-state index in [-0.39, 0.29) is 50.7 Å². The third-order valence-electron chi connectivity index (χ3n) is 7.83. The summed E-state index contributed by atoms with van der Waals surface area (Å²) in [5.74, 6) is 0. The zero-order valence-electron chi connectivity index (χ0n) is 25.0. The summed E-state index contributed by atoms with van der Waals surface area (Å²) in [6, 6.07) is 47.8. The Hall–Kier alpha value is -2.54. The van der Waals surface area contributed by atoms with Gasteiger partial charge in [0.1, 0.15) is 0 Å². The molecule has 0 amide bonds. The molecule has 0 spiro atoms. The Labute approximate surface area is 289 Å². The van der Waals surface area contributed by atoms with E-state index >= 15 is 0 Å². The van der Waals surface area contributed by atoms with E-state index in [2.05, 4.69) is 160 Å². The van der Waals surface area contributed by atoms with E-state index in [4.69, 9.17) is 0 Å². The van der Waals surface area contributed by atoms with Crippen LogP contribution in [0.4, 0.5) is 0 Å². The molecule has 0 N–H and O–H groups in total. The molecule has 8 rings (SSSR count). The molecule has 8 aromatic carbocycles. The van der Waals surface area contributed by atoms with Crippen molar-refractivity contribution in [1.29, 1.82) is 0 Å². The third kappa shape index (κ3) is 7.08. The standard InChI is InChI=1S/2C17H11.C4H12Si2.2ClH.Hf/c2*1-3-8-14-12(6-1)13-7-2-4-9-15(13)17-11-5-10-16(14)17;1-5-6(2,3)4;;;/h2*1-11H;1-4H3;2*1H;/q2*-1;;;;+4/p-2. The molecule has 0 saturated carbocycles. The fraction of sp³-hybridized carbons (Fsp3) is 0.105. The summed E-state index contributed by atoms with van der Waals surface area (Å²) in [4.78, 5) is 0. The van der Waals surface area contributed by atoms with Gasteiger partial charge in [-0.2, -0.15) is 24.3 Å². The van der Waals surface area contributed by atoms with E-state index in [0.29, 0.717) is 0 Å². The number of hydrogen-bond acceptors (Lipinski definition) is 0. The normalized spacial score (nSPS) is 10.8. The SMILES string of the molecule is C[Si][Si](C)(C)C.[Cl-].[Cl-].[Hf+4].c1ccc2c(c1)c1ccccc1c1[cH-]ccc21.c1ccc2c(c1)c1ccccc1c1[cH-]ccc21. The van der Waals surface area contributed by atoms with E-state index in [1.807, 2.05) is 0 Å². The van der Waals surface area contributed by atoms with Crippen LogP contribution >= 0.6 is 0 Å². The average Bonchev–Trinajstić information content (AvgIpc) is 3.69. The third-order valence-corrected chi connectivity index (χ3v) is 13.8. The van der Waals surface area contributed by atoms with Crippen molar-refractivity contribution in [2.45, 2.75) is 26.2 Å². The van der Waals surface area contributed by atoms with Gasteiger partial charge in [-0.1, -0.05) is 156 Å². The van der Waals surface area contributed by atoms with E-state index < -0.39 is 7.59 Å². The van der Waals surface area contributed by atoms with Crippen LogP contribution in [0.3, 0.4) is 0 Å². The van der Waals surface area contributed by atoms with Gasteiger partial charge in [0.2, 0.25) is 0 Å². The smallest absolute Gasteiger partial charge is 1.00 e. The summed E-state index contributed by atoms with van der Waals surface area (Å²) >= 11 is 0. The predicted octanol–water partition coefficient (Wildman–Crippen LogP) is 5.31. The molecule has 212 valence electrons. The molecule has 0 fully saturated rings. The van der Waals surface area contributed by atoms with Crippen LogP contribution in [-0.2, 0) is 25.8 Å². The van der Waals surface area contributed by atoms with Crippen molar-refractivity contribution in [2.24, 2.45) is 0 Å². The summed E-state index contributed by atoms with van der Waals surface area (Å²) in [7, 11) is 0.603. The topological polar surface area (TPSA) is 0 Å². The first kappa shape index (κ1) is 34.9. The van der Waals surface area contributed by atoms with Crippen molar-refractivity contribution in [1.82, 2.24) is 0 Å². The summed E-state index contributed by atoms with van der Waals surface area (Å²) in [5, 5.41) is 16.2. The number of fused-ring (bicyclic) bond motifs is 12. The maximum Gasteiger partial charge on any atom is 4.00 e. The Morgan fingerprint density at radius 2 is 0.628 bits per heavy atom. The quantitative estimate of drug-likeness (QED) is 0.120. The summed E-state index contributed by atoms with van der Waals surface area (Å²) < 4.78 is 0. The van der Waals surface area contributed by atoms with Crippen LogP contribution in [0, 0.1) is 0 Å². The van der Waals surface area contributed by atoms with Gasteiger partial charge < -0.3 is 24.8 Å². The van der Waals surface area contributed by atoms with Crippen molar-refractivity contribution in [3.05, 3.63) is 133 Å². The Morgan fingerprint density at radius 1 is 0.419 bits per heavy atom. The molecule has 2 radical (unpaired) electrons. The van der Waals surface area contributed by atoms with Crippen molar-refractivity contribution < 1.29 is 50.7 Å². The fourth-order valence-corrected chi connectivity index (χ4v) is 5.59. The Balaban J connectivity index is 0.000000188. The van der Waals surface area contributed by atoms with E-state index in [1.54, 1.807) is 0 Å². The molecule has 0 aliphatic carbocycles. The Kier molecular flexibility index (Phi) is 12.2. The zero-order valence-corrected chi connectivity index (χ0v) is 32.1. The van der Waals surface area contributed by atoms with Crippen LogP contribution in [0.2, 0.25) is 26.2 Å². The van der Waals surface area contributed by atoms with E-state index in [9.17, 15) is 0 Å². The van der Waals surface area contributed by atoms with Crippen LogP contribution in [0.5, 0.6) is 0 Å². The fourth-order valence-electron chi connectivity index (χ4n) is 5.59. The Bertz CT molecular complexity index is 1820. The van der Waals surface area contributed by atoms with Gasteiger partial charge >= 0.3 is 25.8 Å². The summed E-state index contributed by atoms with van der Waals surface area (Å²) in [5.41, 5.74) is 0. The van der Waals surface area contributed by atoms with Gasteiger partial charge in [0, 0.05) is 16.6 Å². The number of rotatable bonds is 1. The monoisotopic (exact) mass is 796 g/mol.